The number of hydrogen-bond acceptors (Lipinski definition) is 7. The van der Waals surface area contributed by atoms with Crippen molar-refractivity contribution in [3.8, 4) is 5.75 Å². The first-order valence-corrected chi connectivity index (χ1v) is 14.4. The zero-order valence-corrected chi connectivity index (χ0v) is 24.9. The standard InChI is InChI=1S/C31H44FN5O4/c1-22-20-35(16-17-37(22)30(39)41-31(2,3)4)21-23-6-8-24(9-7-23)33-19-29(38)36-14-12-25(13-15-36)34-26-10-11-28(40-5)27(32)18-26/h6-11,18,22,25,33-34H,12-17,19-21H2,1-5H3/t22-/m0/s1. The molecule has 2 aromatic rings. The third-order valence-electron chi connectivity index (χ3n) is 7.51. The molecule has 2 aliphatic heterocycles. The lowest BCUT2D eigenvalue weighted by atomic mass is 10.0. The van der Waals surface area contributed by atoms with Crippen LogP contribution in [0.3, 0.4) is 0 Å². The molecule has 10 heteroatoms. The molecule has 2 aromatic carbocycles. The summed E-state index contributed by atoms with van der Waals surface area (Å²) in [6.45, 7) is 12.3. The molecule has 0 aromatic heterocycles. The first-order chi connectivity index (χ1) is 19.5. The van der Waals surface area contributed by atoms with E-state index in [4.69, 9.17) is 9.47 Å². The number of likely N-dealkylation sites (tertiary alicyclic amines) is 1. The first kappa shape index (κ1) is 30.4. The van der Waals surface area contributed by atoms with E-state index in [0.29, 0.717) is 19.6 Å². The molecule has 0 radical (unpaired) electrons. The number of methoxy groups -OCH3 is 1. The maximum absolute atomic E-state index is 14.0. The Kier molecular flexibility index (Phi) is 9.96. The lowest BCUT2D eigenvalue weighted by Gasteiger charge is -2.40. The van der Waals surface area contributed by atoms with Crippen molar-refractivity contribution in [1.82, 2.24) is 14.7 Å². The zero-order chi connectivity index (χ0) is 29.6. The molecule has 2 amide bonds. The molecule has 2 saturated heterocycles. The number of carbonyl (C=O) groups is 2. The SMILES string of the molecule is COc1ccc(NC2CCN(C(=O)CNc3ccc(CN4CCN(C(=O)OC(C)(C)C)[C@@H](C)C4)cc3)CC2)cc1F. The van der Waals surface area contributed by atoms with E-state index >= 15 is 0 Å². The fraction of sp³-hybridized carbons (Fsp3) is 0.548. The van der Waals surface area contributed by atoms with E-state index < -0.39 is 11.4 Å². The highest BCUT2D eigenvalue weighted by atomic mass is 19.1. The summed E-state index contributed by atoms with van der Waals surface area (Å²) in [5.41, 5.74) is 2.31. The van der Waals surface area contributed by atoms with Crippen LogP contribution < -0.4 is 15.4 Å². The fourth-order valence-electron chi connectivity index (χ4n) is 5.31. The quantitative estimate of drug-likeness (QED) is 0.473. The molecule has 2 heterocycles. The van der Waals surface area contributed by atoms with Crippen molar-refractivity contribution in [2.45, 2.75) is 64.8 Å². The van der Waals surface area contributed by atoms with Crippen molar-refractivity contribution in [3.63, 3.8) is 0 Å². The van der Waals surface area contributed by atoms with Crippen molar-refractivity contribution >= 4 is 23.4 Å². The summed E-state index contributed by atoms with van der Waals surface area (Å²) < 4.78 is 24.5. The molecule has 224 valence electrons. The van der Waals surface area contributed by atoms with Gasteiger partial charge in [0.1, 0.15) is 5.60 Å². The summed E-state index contributed by atoms with van der Waals surface area (Å²) in [6, 6.07) is 13.3. The Hall–Kier alpha value is -3.53. The number of halogens is 1. The molecule has 4 rings (SSSR count). The van der Waals surface area contributed by atoms with Gasteiger partial charge in [-0.25, -0.2) is 9.18 Å². The molecule has 1 atom stereocenters. The topological polar surface area (TPSA) is 86.4 Å². The van der Waals surface area contributed by atoms with Crippen molar-refractivity contribution in [2.24, 2.45) is 0 Å². The smallest absolute Gasteiger partial charge is 0.410 e. The minimum absolute atomic E-state index is 0.0693. The van der Waals surface area contributed by atoms with Gasteiger partial charge in [-0.05, 0) is 70.4 Å². The monoisotopic (exact) mass is 569 g/mol. The van der Waals surface area contributed by atoms with Gasteiger partial charge in [-0.1, -0.05) is 12.1 Å². The number of nitrogens with zero attached hydrogens (tertiary/aromatic N) is 3. The van der Waals surface area contributed by atoms with Gasteiger partial charge in [-0.3, -0.25) is 9.69 Å². The van der Waals surface area contributed by atoms with Crippen LogP contribution >= 0.6 is 0 Å². The third kappa shape index (κ3) is 8.73. The average Bonchev–Trinajstić information content (AvgIpc) is 2.92. The van der Waals surface area contributed by atoms with Gasteiger partial charge in [-0.2, -0.15) is 0 Å². The normalized spacial score (nSPS) is 18.6. The van der Waals surface area contributed by atoms with Crippen LogP contribution in [0.1, 0.15) is 46.1 Å². The lowest BCUT2D eigenvalue weighted by molar-refractivity contribution is -0.130. The van der Waals surface area contributed by atoms with E-state index in [1.54, 1.807) is 6.07 Å². The minimum atomic E-state index is -0.496. The Morgan fingerprint density at radius 2 is 1.68 bits per heavy atom. The van der Waals surface area contributed by atoms with Crippen molar-refractivity contribution in [3.05, 3.63) is 53.8 Å². The van der Waals surface area contributed by atoms with Gasteiger partial charge in [0.2, 0.25) is 5.91 Å². The molecule has 2 fully saturated rings. The second-order valence-corrected chi connectivity index (χ2v) is 12.0. The highest BCUT2D eigenvalue weighted by Gasteiger charge is 2.30. The van der Waals surface area contributed by atoms with E-state index in [1.165, 1.54) is 18.7 Å². The predicted octanol–water partition coefficient (Wildman–Crippen LogP) is 4.79. The molecule has 0 spiro atoms. The summed E-state index contributed by atoms with van der Waals surface area (Å²) in [6.07, 6.45) is 1.36. The number of amides is 2. The van der Waals surface area contributed by atoms with E-state index in [2.05, 4.69) is 34.6 Å². The molecule has 0 bridgehead atoms. The van der Waals surface area contributed by atoms with Crippen molar-refractivity contribution < 1.29 is 23.5 Å². The highest BCUT2D eigenvalue weighted by molar-refractivity contribution is 5.81. The molecular formula is C31H44FN5O4. The predicted molar refractivity (Wildman–Crippen MR) is 159 cm³/mol. The van der Waals surface area contributed by atoms with Gasteiger partial charge < -0.3 is 29.9 Å². The molecule has 2 aliphatic rings. The summed E-state index contributed by atoms with van der Waals surface area (Å²) in [7, 11) is 1.45. The first-order valence-electron chi connectivity index (χ1n) is 14.4. The second-order valence-electron chi connectivity index (χ2n) is 12.0. The lowest BCUT2D eigenvalue weighted by Crippen LogP contribution is -2.54. The van der Waals surface area contributed by atoms with Crippen LogP contribution in [0.2, 0.25) is 0 Å². The Morgan fingerprint density at radius 1 is 1.00 bits per heavy atom. The molecule has 41 heavy (non-hydrogen) atoms. The maximum atomic E-state index is 14.0. The average molecular weight is 570 g/mol. The van der Waals surface area contributed by atoms with Crippen LogP contribution in [0.15, 0.2) is 42.5 Å². The largest absolute Gasteiger partial charge is 0.494 e. The Morgan fingerprint density at radius 3 is 2.29 bits per heavy atom. The van der Waals surface area contributed by atoms with E-state index in [1.807, 2.05) is 48.8 Å². The van der Waals surface area contributed by atoms with E-state index in [-0.39, 0.29) is 36.4 Å². The number of piperidine rings is 1. The van der Waals surface area contributed by atoms with Crippen molar-refractivity contribution in [2.75, 3.05) is 57.0 Å². The molecule has 0 unspecified atom stereocenters. The summed E-state index contributed by atoms with van der Waals surface area (Å²) in [5.74, 6) is -0.0975. The van der Waals surface area contributed by atoms with Gasteiger partial charge in [-0.15, -0.1) is 0 Å². The number of ether oxygens (including phenoxy) is 2. The van der Waals surface area contributed by atoms with E-state index in [9.17, 15) is 14.0 Å². The number of piperazine rings is 1. The highest BCUT2D eigenvalue weighted by Crippen LogP contribution is 2.23. The van der Waals surface area contributed by atoms with Crippen LogP contribution in [0, 0.1) is 5.82 Å². The summed E-state index contributed by atoms with van der Waals surface area (Å²) in [4.78, 5) is 31.3. The van der Waals surface area contributed by atoms with Gasteiger partial charge in [0.05, 0.1) is 13.7 Å². The van der Waals surface area contributed by atoms with Crippen LogP contribution in [0.5, 0.6) is 5.75 Å². The Balaban J connectivity index is 1.16. The number of rotatable bonds is 8. The molecular weight excluding hydrogens is 525 g/mol. The van der Waals surface area contributed by atoms with Crippen LogP contribution in [-0.4, -0.2) is 90.8 Å². The van der Waals surface area contributed by atoms with Gasteiger partial charge in [0.25, 0.3) is 0 Å². The molecule has 9 nitrogen and oxygen atoms in total. The van der Waals surface area contributed by atoms with Crippen LogP contribution in [-0.2, 0) is 16.1 Å². The Labute approximate surface area is 243 Å². The molecule has 0 saturated carbocycles. The summed E-state index contributed by atoms with van der Waals surface area (Å²) >= 11 is 0. The minimum Gasteiger partial charge on any atom is -0.494 e. The number of benzene rings is 2. The van der Waals surface area contributed by atoms with Crippen LogP contribution in [0.25, 0.3) is 0 Å². The van der Waals surface area contributed by atoms with Gasteiger partial charge in [0, 0.05) is 68.8 Å². The van der Waals surface area contributed by atoms with Gasteiger partial charge in [0.15, 0.2) is 11.6 Å². The second kappa shape index (κ2) is 13.4. The molecule has 2 N–H and O–H groups in total. The number of hydrogen-bond donors (Lipinski definition) is 2. The maximum Gasteiger partial charge on any atom is 0.410 e. The van der Waals surface area contributed by atoms with Gasteiger partial charge >= 0.3 is 6.09 Å². The summed E-state index contributed by atoms with van der Waals surface area (Å²) in [5, 5.41) is 6.62. The molecule has 0 aliphatic carbocycles. The van der Waals surface area contributed by atoms with E-state index in [0.717, 1.165) is 43.9 Å². The zero-order valence-electron chi connectivity index (χ0n) is 24.9. The fourth-order valence-corrected chi connectivity index (χ4v) is 5.31. The van der Waals surface area contributed by atoms with Crippen molar-refractivity contribution in [1.29, 1.82) is 0 Å². The number of anilines is 2. The number of carbonyl (C=O) groups excluding carboxylic acids is 2. The number of nitrogens with one attached hydrogen (secondary N) is 2. The third-order valence-corrected chi connectivity index (χ3v) is 7.51. The Bertz CT molecular complexity index is 1180. The van der Waals surface area contributed by atoms with Crippen LogP contribution in [0.4, 0.5) is 20.6 Å².